The molecule has 1 N–H and O–H groups in total. The maximum atomic E-state index is 13.8. The quantitative estimate of drug-likeness (QED) is 0.463. The second kappa shape index (κ2) is 11.5. The van der Waals surface area contributed by atoms with Gasteiger partial charge < -0.3 is 10.1 Å². The molecule has 0 radical (unpaired) electrons. The van der Waals surface area contributed by atoms with E-state index in [4.69, 9.17) is 9.78 Å². The molecule has 0 unspecified atom stereocenters. The molecule has 2 aromatic rings. The van der Waals surface area contributed by atoms with E-state index in [0.717, 1.165) is 47.4 Å². The molecular weight excluding hydrogens is 454 g/mol. The molecule has 2 fully saturated rings. The highest BCUT2D eigenvalue weighted by Gasteiger charge is 2.27. The summed E-state index contributed by atoms with van der Waals surface area (Å²) in [4.78, 5) is 26.5. The Kier molecular flexibility index (Phi) is 8.96. The van der Waals surface area contributed by atoms with Crippen LogP contribution in [0.3, 0.4) is 0 Å². The van der Waals surface area contributed by atoms with Gasteiger partial charge in [-0.1, -0.05) is 52.9 Å². The molecular formula is C27H36F2N2O2S. The van der Waals surface area contributed by atoms with Gasteiger partial charge in [-0.25, -0.2) is 13.8 Å². The van der Waals surface area contributed by atoms with Gasteiger partial charge in [0.1, 0.15) is 6.79 Å². The van der Waals surface area contributed by atoms with Gasteiger partial charge in [0, 0.05) is 11.6 Å². The standard InChI is InChI=1S/C26H34F2N2OS.CH2O/c1-26(2,3)19-14-17(13-18(15-19)23(27)28)22-21(12-16-8-5-4-6-9-16)30-25(32-22)24(31)29-20-10-7-11-20;1-2/h13-16,20,23H,4-12H2,1-3H3,(H,29,31);1H2. The summed E-state index contributed by atoms with van der Waals surface area (Å²) < 4.78 is 27.5. The van der Waals surface area contributed by atoms with Crippen molar-refractivity contribution in [3.8, 4) is 10.4 Å². The second-order valence-electron chi connectivity index (χ2n) is 10.5. The SMILES string of the molecule is C=O.CC(C)(C)c1cc(-c2sc(C(=O)NC3CCC3)nc2CC2CCCCC2)cc(C(F)F)c1. The third-order valence-corrected chi connectivity index (χ3v) is 8.02. The Labute approximate surface area is 205 Å². The van der Waals surface area contributed by atoms with Crippen molar-refractivity contribution in [1.29, 1.82) is 0 Å². The van der Waals surface area contributed by atoms with E-state index in [1.54, 1.807) is 12.1 Å². The number of amides is 1. The number of nitrogens with one attached hydrogen (secondary N) is 1. The number of carbonyl (C=O) groups excluding carboxylic acids is 2. The van der Waals surface area contributed by atoms with Crippen LogP contribution in [0.4, 0.5) is 8.78 Å². The fourth-order valence-corrected chi connectivity index (χ4v) is 5.60. The molecule has 7 heteroatoms. The van der Waals surface area contributed by atoms with Gasteiger partial charge in [-0.15, -0.1) is 11.3 Å². The van der Waals surface area contributed by atoms with Gasteiger partial charge in [0.05, 0.1) is 10.6 Å². The zero-order chi connectivity index (χ0) is 24.9. The number of thiazole rings is 1. The molecule has 4 nitrogen and oxygen atoms in total. The number of rotatable bonds is 6. The van der Waals surface area contributed by atoms with Crippen molar-refractivity contribution in [3.63, 3.8) is 0 Å². The van der Waals surface area contributed by atoms with Gasteiger partial charge in [0.15, 0.2) is 5.01 Å². The van der Waals surface area contributed by atoms with Crippen LogP contribution in [0.2, 0.25) is 0 Å². The van der Waals surface area contributed by atoms with E-state index in [0.29, 0.717) is 10.9 Å². The Hall–Kier alpha value is -2.15. The molecule has 1 aromatic carbocycles. The Morgan fingerprint density at radius 2 is 1.76 bits per heavy atom. The summed E-state index contributed by atoms with van der Waals surface area (Å²) in [6.45, 7) is 8.11. The van der Waals surface area contributed by atoms with Crippen LogP contribution in [0.25, 0.3) is 10.4 Å². The minimum absolute atomic E-state index is 0.0323. The van der Waals surface area contributed by atoms with Crippen LogP contribution in [0.5, 0.6) is 0 Å². The topological polar surface area (TPSA) is 59.1 Å². The van der Waals surface area contributed by atoms with Crippen LogP contribution in [0, 0.1) is 5.92 Å². The lowest BCUT2D eigenvalue weighted by Gasteiger charge is -2.25. The lowest BCUT2D eigenvalue weighted by atomic mass is 9.84. The summed E-state index contributed by atoms with van der Waals surface area (Å²) in [5, 5.41) is 3.54. The Bertz CT molecular complexity index is 973. The van der Waals surface area contributed by atoms with E-state index in [1.165, 1.54) is 43.4 Å². The zero-order valence-corrected chi connectivity index (χ0v) is 21.3. The van der Waals surface area contributed by atoms with E-state index < -0.39 is 6.43 Å². The van der Waals surface area contributed by atoms with Gasteiger partial charge in [-0.2, -0.15) is 0 Å². The Morgan fingerprint density at radius 3 is 2.32 bits per heavy atom. The van der Waals surface area contributed by atoms with Crippen LogP contribution in [0.1, 0.15) is 105 Å². The van der Waals surface area contributed by atoms with Crippen LogP contribution in [0.15, 0.2) is 18.2 Å². The number of hydrogen-bond donors (Lipinski definition) is 1. The highest BCUT2D eigenvalue weighted by Crippen LogP contribution is 2.39. The minimum atomic E-state index is -2.54. The van der Waals surface area contributed by atoms with Gasteiger partial charge in [-0.05, 0) is 66.3 Å². The molecule has 1 aromatic heterocycles. The average molecular weight is 491 g/mol. The molecule has 0 bridgehead atoms. The molecule has 4 rings (SSSR count). The molecule has 2 aliphatic carbocycles. The van der Waals surface area contributed by atoms with Gasteiger partial charge in [0.2, 0.25) is 0 Å². The summed E-state index contributed by atoms with van der Waals surface area (Å²) in [5.41, 5.74) is 2.32. The van der Waals surface area contributed by atoms with Crippen molar-refractivity contribution in [3.05, 3.63) is 40.0 Å². The maximum Gasteiger partial charge on any atom is 0.280 e. The minimum Gasteiger partial charge on any atom is -0.347 e. The third-order valence-electron chi connectivity index (χ3n) is 6.87. The number of halogens is 2. The van der Waals surface area contributed by atoms with E-state index in [-0.39, 0.29) is 22.9 Å². The molecule has 0 spiro atoms. The Balaban J connectivity index is 0.00000158. The summed E-state index contributed by atoms with van der Waals surface area (Å²) >= 11 is 1.36. The molecule has 2 saturated carbocycles. The molecule has 0 atom stereocenters. The molecule has 0 saturated heterocycles. The summed E-state index contributed by atoms with van der Waals surface area (Å²) in [6.07, 6.45) is 7.55. The van der Waals surface area contributed by atoms with Crippen LogP contribution < -0.4 is 5.32 Å². The van der Waals surface area contributed by atoms with Crippen molar-refractivity contribution >= 4 is 24.0 Å². The summed E-state index contributed by atoms with van der Waals surface area (Å²) in [7, 11) is 0. The molecule has 2 aliphatic rings. The summed E-state index contributed by atoms with van der Waals surface area (Å²) in [5.74, 6) is 0.421. The Morgan fingerprint density at radius 1 is 1.09 bits per heavy atom. The molecule has 186 valence electrons. The molecule has 1 amide bonds. The van der Waals surface area contributed by atoms with Crippen molar-refractivity contribution in [1.82, 2.24) is 10.3 Å². The van der Waals surface area contributed by atoms with E-state index >= 15 is 0 Å². The number of alkyl halides is 2. The first-order valence-electron chi connectivity index (χ1n) is 12.2. The number of aromatic nitrogens is 1. The first-order chi connectivity index (χ1) is 16.2. The largest absolute Gasteiger partial charge is 0.347 e. The normalized spacial score (nSPS) is 17.1. The van der Waals surface area contributed by atoms with Crippen LogP contribution in [-0.4, -0.2) is 23.7 Å². The van der Waals surface area contributed by atoms with Gasteiger partial charge >= 0.3 is 0 Å². The van der Waals surface area contributed by atoms with Crippen molar-refractivity contribution in [2.45, 2.75) is 96.4 Å². The van der Waals surface area contributed by atoms with Crippen molar-refractivity contribution in [2.24, 2.45) is 5.92 Å². The van der Waals surface area contributed by atoms with Crippen molar-refractivity contribution < 1.29 is 18.4 Å². The van der Waals surface area contributed by atoms with Gasteiger partial charge in [-0.3, -0.25) is 4.79 Å². The first kappa shape index (κ1) is 26.5. The third kappa shape index (κ3) is 6.49. The second-order valence-corrected chi connectivity index (χ2v) is 11.5. The number of nitrogens with zero attached hydrogens (tertiary/aromatic N) is 1. The lowest BCUT2D eigenvalue weighted by Crippen LogP contribution is -2.39. The highest BCUT2D eigenvalue weighted by molar-refractivity contribution is 7.17. The molecule has 34 heavy (non-hydrogen) atoms. The van der Waals surface area contributed by atoms with E-state index in [9.17, 15) is 13.6 Å². The van der Waals surface area contributed by atoms with E-state index in [1.807, 2.05) is 33.6 Å². The highest BCUT2D eigenvalue weighted by atomic mass is 32.1. The molecule has 1 heterocycles. The molecule has 0 aliphatic heterocycles. The lowest BCUT2D eigenvalue weighted by molar-refractivity contribution is -0.0980. The van der Waals surface area contributed by atoms with E-state index in [2.05, 4.69) is 5.32 Å². The fourth-order valence-electron chi connectivity index (χ4n) is 4.62. The van der Waals surface area contributed by atoms with Crippen LogP contribution in [-0.2, 0) is 16.6 Å². The van der Waals surface area contributed by atoms with Gasteiger partial charge in [0.25, 0.3) is 12.3 Å². The first-order valence-corrected chi connectivity index (χ1v) is 13.1. The zero-order valence-electron chi connectivity index (χ0n) is 20.5. The number of benzene rings is 1. The summed E-state index contributed by atoms with van der Waals surface area (Å²) in [6, 6.07) is 5.45. The maximum absolute atomic E-state index is 13.8. The average Bonchev–Trinajstić information content (AvgIpc) is 3.21. The predicted octanol–water partition coefficient (Wildman–Crippen LogP) is 7.27. The number of hydrogen-bond acceptors (Lipinski definition) is 4. The fraction of sp³-hybridized carbons (Fsp3) is 0.593. The monoisotopic (exact) mass is 490 g/mol. The number of carbonyl (C=O) groups is 2. The predicted molar refractivity (Wildman–Crippen MR) is 134 cm³/mol. The smallest absolute Gasteiger partial charge is 0.280 e. The van der Waals surface area contributed by atoms with Crippen LogP contribution >= 0.6 is 11.3 Å². The van der Waals surface area contributed by atoms with Crippen molar-refractivity contribution in [2.75, 3.05) is 0 Å².